The summed E-state index contributed by atoms with van der Waals surface area (Å²) in [5, 5.41) is 2.45. The average Bonchev–Trinajstić information content (AvgIpc) is 3.63. The van der Waals surface area contributed by atoms with Gasteiger partial charge in [0.25, 0.3) is 0 Å². The molecule has 1 aliphatic heterocycles. The SMILES string of the molecule is Cc1cc(NC(=O)C(=O)N2C[C@@H](C)N(C(=O)C3(C(F)(F)F)CC3)C[C@@H]2c2ccc(F)cc2)cnc1N. The number of piperazine rings is 1. The highest BCUT2D eigenvalue weighted by Gasteiger charge is 2.70. The highest BCUT2D eigenvalue weighted by molar-refractivity contribution is 6.39. The third-order valence-electron chi connectivity index (χ3n) is 6.79. The van der Waals surface area contributed by atoms with Crippen molar-refractivity contribution >= 4 is 29.2 Å². The van der Waals surface area contributed by atoms with Crippen molar-refractivity contribution in [1.82, 2.24) is 14.8 Å². The van der Waals surface area contributed by atoms with Crippen LogP contribution in [0.25, 0.3) is 0 Å². The van der Waals surface area contributed by atoms with Gasteiger partial charge >= 0.3 is 18.0 Å². The quantitative estimate of drug-likeness (QED) is 0.490. The summed E-state index contributed by atoms with van der Waals surface area (Å²) in [6.45, 7) is 2.74. The number of carbonyl (C=O) groups is 3. The van der Waals surface area contributed by atoms with Gasteiger partial charge in [-0.05, 0) is 56.0 Å². The van der Waals surface area contributed by atoms with Crippen molar-refractivity contribution in [1.29, 1.82) is 0 Å². The number of nitrogens with one attached hydrogen (secondary N) is 1. The van der Waals surface area contributed by atoms with Gasteiger partial charge in [0.1, 0.15) is 17.1 Å². The molecule has 2 aromatic rings. The summed E-state index contributed by atoms with van der Waals surface area (Å²) in [6, 6.07) is 4.83. The maximum atomic E-state index is 13.6. The van der Waals surface area contributed by atoms with Crippen LogP contribution in [0.4, 0.5) is 29.1 Å². The van der Waals surface area contributed by atoms with Crippen molar-refractivity contribution in [2.75, 3.05) is 24.1 Å². The predicted octanol–water partition coefficient (Wildman–Crippen LogP) is 3.19. The second kappa shape index (κ2) is 9.07. The Labute approximate surface area is 204 Å². The smallest absolute Gasteiger partial charge is 0.383 e. The summed E-state index contributed by atoms with van der Waals surface area (Å²) in [7, 11) is 0. The van der Waals surface area contributed by atoms with Crippen molar-refractivity contribution in [3.05, 3.63) is 53.5 Å². The van der Waals surface area contributed by atoms with Gasteiger partial charge in [-0.15, -0.1) is 0 Å². The number of halogens is 4. The number of hydrogen-bond acceptors (Lipinski definition) is 5. The van der Waals surface area contributed by atoms with Crippen LogP contribution in [0.3, 0.4) is 0 Å². The van der Waals surface area contributed by atoms with E-state index in [0.29, 0.717) is 11.1 Å². The fraction of sp³-hybridized carbons (Fsp3) is 0.417. The lowest BCUT2D eigenvalue weighted by Gasteiger charge is -2.46. The standard InChI is InChI=1S/C24H25F4N5O3/c1-13-9-17(10-30-19(13)29)31-20(34)21(35)33-11-14(2)32(22(36)23(7-8-23)24(26,27)28)12-18(33)15-3-5-16(25)6-4-15/h3-6,9-10,14,18H,7-8,11-12H2,1-2H3,(H2,29,30)(H,31,34)/t14-,18-/m1/s1. The molecule has 0 spiro atoms. The van der Waals surface area contributed by atoms with E-state index in [1.54, 1.807) is 6.92 Å². The zero-order valence-corrected chi connectivity index (χ0v) is 19.6. The van der Waals surface area contributed by atoms with E-state index in [1.165, 1.54) is 36.2 Å². The zero-order valence-electron chi connectivity index (χ0n) is 19.6. The average molecular weight is 507 g/mol. The molecule has 1 aromatic carbocycles. The number of aromatic nitrogens is 1. The van der Waals surface area contributed by atoms with E-state index in [0.717, 1.165) is 17.0 Å². The van der Waals surface area contributed by atoms with Crippen molar-refractivity contribution in [3.63, 3.8) is 0 Å². The minimum atomic E-state index is -4.69. The van der Waals surface area contributed by atoms with Crippen LogP contribution in [0.2, 0.25) is 0 Å². The van der Waals surface area contributed by atoms with E-state index >= 15 is 0 Å². The number of nitrogens with two attached hydrogens (primary N) is 1. The molecular formula is C24H25F4N5O3. The van der Waals surface area contributed by atoms with Crippen LogP contribution in [0.15, 0.2) is 36.5 Å². The molecule has 2 fully saturated rings. The molecule has 1 aromatic heterocycles. The molecule has 2 aliphatic rings. The van der Waals surface area contributed by atoms with E-state index in [4.69, 9.17) is 5.73 Å². The lowest BCUT2D eigenvalue weighted by molar-refractivity contribution is -0.201. The molecule has 192 valence electrons. The number of aryl methyl sites for hydroxylation is 1. The number of pyridine rings is 1. The highest BCUT2D eigenvalue weighted by atomic mass is 19.4. The van der Waals surface area contributed by atoms with Crippen LogP contribution in [-0.2, 0) is 14.4 Å². The first-order valence-electron chi connectivity index (χ1n) is 11.3. The van der Waals surface area contributed by atoms with Gasteiger partial charge in [0.05, 0.1) is 17.9 Å². The first-order chi connectivity index (χ1) is 16.8. The van der Waals surface area contributed by atoms with Crippen LogP contribution in [-0.4, -0.2) is 57.8 Å². The normalized spacial score (nSPS) is 21.2. The first kappa shape index (κ1) is 25.4. The Kier molecular flexibility index (Phi) is 6.40. The van der Waals surface area contributed by atoms with Crippen LogP contribution in [0.1, 0.15) is 36.9 Å². The largest absolute Gasteiger partial charge is 0.403 e. The number of amides is 3. The number of hydrogen-bond donors (Lipinski definition) is 2. The third kappa shape index (κ3) is 4.59. The number of nitrogens with zero attached hydrogens (tertiary/aromatic N) is 3. The summed E-state index contributed by atoms with van der Waals surface area (Å²) in [5.41, 5.74) is 4.46. The van der Waals surface area contributed by atoms with Crippen molar-refractivity contribution in [2.24, 2.45) is 5.41 Å². The maximum Gasteiger partial charge on any atom is 0.403 e. The molecule has 3 N–H and O–H groups in total. The van der Waals surface area contributed by atoms with E-state index in [2.05, 4.69) is 10.3 Å². The molecule has 0 unspecified atom stereocenters. The lowest BCUT2D eigenvalue weighted by atomic mass is 9.96. The van der Waals surface area contributed by atoms with Gasteiger partial charge in [-0.2, -0.15) is 13.2 Å². The first-order valence-corrected chi connectivity index (χ1v) is 11.3. The molecule has 1 saturated heterocycles. The number of anilines is 2. The molecule has 36 heavy (non-hydrogen) atoms. The van der Waals surface area contributed by atoms with E-state index in [1.807, 2.05) is 0 Å². The van der Waals surface area contributed by atoms with Gasteiger partial charge in [-0.25, -0.2) is 9.37 Å². The van der Waals surface area contributed by atoms with Gasteiger partial charge in [0.2, 0.25) is 5.91 Å². The Morgan fingerprint density at radius 1 is 1.11 bits per heavy atom. The van der Waals surface area contributed by atoms with Crippen LogP contribution in [0.5, 0.6) is 0 Å². The van der Waals surface area contributed by atoms with Gasteiger partial charge < -0.3 is 20.9 Å². The van der Waals surface area contributed by atoms with E-state index in [-0.39, 0.29) is 37.4 Å². The topological polar surface area (TPSA) is 109 Å². The molecule has 1 aliphatic carbocycles. The number of alkyl halides is 3. The minimum Gasteiger partial charge on any atom is -0.383 e. The third-order valence-corrected chi connectivity index (χ3v) is 6.79. The van der Waals surface area contributed by atoms with Gasteiger partial charge in [0.15, 0.2) is 0 Å². The second-order valence-corrected chi connectivity index (χ2v) is 9.29. The Bertz CT molecular complexity index is 1200. The van der Waals surface area contributed by atoms with Crippen LogP contribution < -0.4 is 11.1 Å². The maximum absolute atomic E-state index is 13.6. The number of carbonyl (C=O) groups excluding carboxylic acids is 3. The van der Waals surface area contributed by atoms with Crippen molar-refractivity contribution < 1.29 is 31.9 Å². The molecule has 8 nitrogen and oxygen atoms in total. The summed E-state index contributed by atoms with van der Waals surface area (Å²) in [4.78, 5) is 45.3. The summed E-state index contributed by atoms with van der Waals surface area (Å²) < 4.78 is 54.5. The number of nitrogen functional groups attached to an aromatic ring is 1. The Morgan fingerprint density at radius 3 is 2.31 bits per heavy atom. The minimum absolute atomic E-state index is 0.188. The zero-order chi connectivity index (χ0) is 26.4. The molecule has 3 amide bonds. The molecule has 0 bridgehead atoms. The second-order valence-electron chi connectivity index (χ2n) is 9.29. The van der Waals surface area contributed by atoms with E-state index < -0.39 is 47.2 Å². The Hall–Kier alpha value is -3.70. The Morgan fingerprint density at radius 2 is 1.75 bits per heavy atom. The Balaban J connectivity index is 1.61. The van der Waals surface area contributed by atoms with Crippen molar-refractivity contribution in [3.8, 4) is 0 Å². The molecule has 4 rings (SSSR count). The highest BCUT2D eigenvalue weighted by Crippen LogP contribution is 2.59. The molecule has 1 saturated carbocycles. The van der Waals surface area contributed by atoms with Gasteiger partial charge in [-0.1, -0.05) is 12.1 Å². The summed E-state index contributed by atoms with van der Waals surface area (Å²) in [5.74, 6) is -3.28. The predicted molar refractivity (Wildman–Crippen MR) is 122 cm³/mol. The summed E-state index contributed by atoms with van der Waals surface area (Å²) >= 11 is 0. The lowest BCUT2D eigenvalue weighted by Crippen LogP contribution is -2.60. The van der Waals surface area contributed by atoms with Crippen molar-refractivity contribution in [2.45, 2.75) is 44.9 Å². The number of rotatable bonds is 3. The van der Waals surface area contributed by atoms with E-state index in [9.17, 15) is 31.9 Å². The summed E-state index contributed by atoms with van der Waals surface area (Å²) in [6.07, 6.45) is -3.98. The molecule has 2 heterocycles. The van der Waals surface area contributed by atoms with Gasteiger partial charge in [0, 0.05) is 19.1 Å². The number of benzene rings is 1. The monoisotopic (exact) mass is 507 g/mol. The van der Waals surface area contributed by atoms with Crippen LogP contribution >= 0.6 is 0 Å². The fourth-order valence-corrected chi connectivity index (χ4v) is 4.44. The molecule has 2 atom stereocenters. The molecule has 12 heteroatoms. The fourth-order valence-electron chi connectivity index (χ4n) is 4.44. The van der Waals surface area contributed by atoms with Crippen LogP contribution in [0, 0.1) is 18.2 Å². The molecule has 0 radical (unpaired) electrons. The van der Waals surface area contributed by atoms with Gasteiger partial charge in [-0.3, -0.25) is 14.4 Å². The molecular weight excluding hydrogens is 482 g/mol.